The van der Waals surface area contributed by atoms with Gasteiger partial charge in [-0.05, 0) is 36.4 Å². The van der Waals surface area contributed by atoms with Crippen molar-refractivity contribution >= 4 is 16.9 Å². The Morgan fingerprint density at radius 2 is 1.93 bits per heavy atom. The summed E-state index contributed by atoms with van der Waals surface area (Å²) in [7, 11) is 1.63. The molecule has 0 radical (unpaired) electrons. The number of carbonyl (C=O) groups is 1. The number of imidazole rings is 1. The summed E-state index contributed by atoms with van der Waals surface area (Å²) in [6.45, 7) is 0.489. The summed E-state index contributed by atoms with van der Waals surface area (Å²) in [4.78, 5) is 20.1. The highest BCUT2D eigenvalue weighted by molar-refractivity contribution is 5.94. The molecule has 0 spiro atoms. The Morgan fingerprint density at radius 1 is 1.15 bits per heavy atom. The van der Waals surface area contributed by atoms with Gasteiger partial charge < -0.3 is 15.0 Å². The van der Waals surface area contributed by atoms with Crippen LogP contribution in [0.4, 0.5) is 0 Å². The van der Waals surface area contributed by atoms with Crippen LogP contribution in [0.1, 0.15) is 16.2 Å². The summed E-state index contributed by atoms with van der Waals surface area (Å²) in [5.41, 5.74) is 3.29. The molecule has 0 saturated heterocycles. The lowest BCUT2D eigenvalue weighted by molar-refractivity contribution is 0.0954. The molecule has 0 saturated carbocycles. The maximum Gasteiger partial charge on any atom is 0.251 e. The first-order valence-electron chi connectivity index (χ1n) is 8.49. The minimum absolute atomic E-state index is 0.122. The molecule has 0 atom stereocenters. The molecule has 4 rings (SSSR count). The van der Waals surface area contributed by atoms with Gasteiger partial charge in [0.15, 0.2) is 0 Å². The first-order chi connectivity index (χ1) is 13.2. The zero-order valence-electron chi connectivity index (χ0n) is 14.7. The Morgan fingerprint density at radius 3 is 2.67 bits per heavy atom. The normalized spacial score (nSPS) is 10.9. The van der Waals surface area contributed by atoms with E-state index in [1.54, 1.807) is 36.5 Å². The molecular weight excluding hydrogens is 344 g/mol. The predicted octanol–water partition coefficient (Wildman–Crippen LogP) is 2.12. The summed E-state index contributed by atoms with van der Waals surface area (Å²) in [6, 6.07) is 12.9. The van der Waals surface area contributed by atoms with Crippen molar-refractivity contribution in [3.63, 3.8) is 0 Å². The molecule has 2 heterocycles. The number of carbonyl (C=O) groups excluding carboxylic acids is 1. The van der Waals surface area contributed by atoms with Crippen molar-refractivity contribution in [2.75, 3.05) is 13.7 Å². The molecule has 0 fully saturated rings. The zero-order chi connectivity index (χ0) is 18.6. The molecule has 4 aromatic rings. The molecule has 27 heavy (non-hydrogen) atoms. The molecule has 8 nitrogen and oxygen atoms in total. The molecule has 0 bridgehead atoms. The lowest BCUT2D eigenvalue weighted by Gasteiger charge is -2.06. The van der Waals surface area contributed by atoms with Crippen molar-refractivity contribution in [1.82, 2.24) is 30.0 Å². The first kappa shape index (κ1) is 16.8. The fraction of sp³-hybridized carbons (Fsp3) is 0.158. The van der Waals surface area contributed by atoms with Gasteiger partial charge in [0.2, 0.25) is 0 Å². The van der Waals surface area contributed by atoms with E-state index < -0.39 is 0 Å². The fourth-order valence-corrected chi connectivity index (χ4v) is 2.80. The number of amides is 1. The van der Waals surface area contributed by atoms with Gasteiger partial charge in [0.25, 0.3) is 5.91 Å². The Bertz CT molecular complexity index is 1050. The SMILES string of the molecule is COc1ccc2nc(CCNC(=O)c3ccc(-n4cnnc4)cc3)[nH]c2c1. The number of H-pyrrole nitrogens is 1. The van der Waals surface area contributed by atoms with E-state index in [1.165, 1.54) is 0 Å². The topological polar surface area (TPSA) is 97.7 Å². The molecule has 8 heteroatoms. The third-order valence-electron chi connectivity index (χ3n) is 4.23. The van der Waals surface area contributed by atoms with Crippen LogP contribution in [-0.2, 0) is 6.42 Å². The number of hydrogen-bond donors (Lipinski definition) is 2. The van der Waals surface area contributed by atoms with Crippen LogP contribution in [-0.4, -0.2) is 44.3 Å². The Hall–Kier alpha value is -3.68. The second kappa shape index (κ2) is 7.28. The quantitative estimate of drug-likeness (QED) is 0.548. The van der Waals surface area contributed by atoms with Gasteiger partial charge in [-0.2, -0.15) is 0 Å². The second-order valence-corrected chi connectivity index (χ2v) is 5.99. The number of aromatic amines is 1. The number of methoxy groups -OCH3 is 1. The number of nitrogens with one attached hydrogen (secondary N) is 2. The van der Waals surface area contributed by atoms with Gasteiger partial charge in [-0.15, -0.1) is 10.2 Å². The molecule has 0 aliphatic carbocycles. The molecular formula is C19H18N6O2. The number of aromatic nitrogens is 5. The Labute approximate surface area is 155 Å². The molecule has 1 amide bonds. The average molecular weight is 362 g/mol. The van der Waals surface area contributed by atoms with Crippen LogP contribution in [0, 0.1) is 0 Å². The van der Waals surface area contributed by atoms with E-state index >= 15 is 0 Å². The number of rotatable bonds is 6. The summed E-state index contributed by atoms with van der Waals surface area (Å²) >= 11 is 0. The van der Waals surface area contributed by atoms with Crippen molar-refractivity contribution in [3.05, 3.63) is 66.5 Å². The van der Waals surface area contributed by atoms with Crippen LogP contribution in [0.5, 0.6) is 5.75 Å². The number of hydrogen-bond acceptors (Lipinski definition) is 5. The van der Waals surface area contributed by atoms with E-state index in [4.69, 9.17) is 4.74 Å². The largest absolute Gasteiger partial charge is 0.497 e. The van der Waals surface area contributed by atoms with E-state index in [0.717, 1.165) is 28.3 Å². The van der Waals surface area contributed by atoms with Gasteiger partial charge in [-0.1, -0.05) is 0 Å². The average Bonchev–Trinajstić information content (AvgIpc) is 3.37. The van der Waals surface area contributed by atoms with Gasteiger partial charge in [0, 0.05) is 30.3 Å². The second-order valence-electron chi connectivity index (χ2n) is 5.99. The molecule has 2 aromatic carbocycles. The summed E-state index contributed by atoms with van der Waals surface area (Å²) < 4.78 is 6.99. The summed E-state index contributed by atoms with van der Waals surface area (Å²) in [6.07, 6.45) is 3.83. The van der Waals surface area contributed by atoms with Gasteiger partial charge >= 0.3 is 0 Å². The fourth-order valence-electron chi connectivity index (χ4n) is 2.80. The molecule has 0 unspecified atom stereocenters. The van der Waals surface area contributed by atoms with Crippen molar-refractivity contribution < 1.29 is 9.53 Å². The third-order valence-corrected chi connectivity index (χ3v) is 4.23. The maximum atomic E-state index is 12.3. The van der Waals surface area contributed by atoms with Crippen LogP contribution in [0.2, 0.25) is 0 Å². The Balaban J connectivity index is 1.35. The molecule has 2 N–H and O–H groups in total. The monoisotopic (exact) mass is 362 g/mol. The summed E-state index contributed by atoms with van der Waals surface area (Å²) in [5.74, 6) is 1.48. The Kier molecular flexibility index (Phi) is 4.52. The van der Waals surface area contributed by atoms with E-state index in [0.29, 0.717) is 18.5 Å². The highest BCUT2D eigenvalue weighted by atomic mass is 16.5. The van der Waals surface area contributed by atoms with Crippen molar-refractivity contribution in [2.45, 2.75) is 6.42 Å². The van der Waals surface area contributed by atoms with Crippen LogP contribution < -0.4 is 10.1 Å². The number of ether oxygens (including phenoxy) is 1. The van der Waals surface area contributed by atoms with Crippen LogP contribution >= 0.6 is 0 Å². The van der Waals surface area contributed by atoms with Gasteiger partial charge in [0.1, 0.15) is 24.2 Å². The molecule has 0 aliphatic rings. The van der Waals surface area contributed by atoms with Gasteiger partial charge in [-0.3, -0.25) is 9.36 Å². The number of benzene rings is 2. The smallest absolute Gasteiger partial charge is 0.251 e. The molecule has 2 aromatic heterocycles. The van der Waals surface area contributed by atoms with E-state index in [9.17, 15) is 4.79 Å². The molecule has 136 valence electrons. The summed E-state index contributed by atoms with van der Waals surface area (Å²) in [5, 5.41) is 10.5. The van der Waals surface area contributed by atoms with Crippen molar-refractivity contribution in [3.8, 4) is 11.4 Å². The minimum atomic E-state index is -0.122. The van der Waals surface area contributed by atoms with Gasteiger partial charge in [-0.25, -0.2) is 4.98 Å². The van der Waals surface area contributed by atoms with E-state index in [-0.39, 0.29) is 5.91 Å². The van der Waals surface area contributed by atoms with Crippen LogP contribution in [0.15, 0.2) is 55.1 Å². The molecule has 0 aliphatic heterocycles. The van der Waals surface area contributed by atoms with Gasteiger partial charge in [0.05, 0.1) is 18.1 Å². The zero-order valence-corrected chi connectivity index (χ0v) is 14.7. The predicted molar refractivity (Wildman–Crippen MR) is 100 cm³/mol. The first-order valence-corrected chi connectivity index (χ1v) is 8.49. The lowest BCUT2D eigenvalue weighted by Crippen LogP contribution is -2.25. The van der Waals surface area contributed by atoms with Crippen LogP contribution in [0.3, 0.4) is 0 Å². The van der Waals surface area contributed by atoms with E-state index in [2.05, 4.69) is 25.5 Å². The lowest BCUT2D eigenvalue weighted by atomic mass is 10.2. The standard InChI is InChI=1S/C19H18N6O2/c1-27-15-6-7-16-17(10-15)24-18(23-16)8-9-20-19(26)13-2-4-14(5-3-13)25-11-21-22-12-25/h2-7,10-12H,8-9H2,1H3,(H,20,26)(H,23,24). The third kappa shape index (κ3) is 3.64. The number of fused-ring (bicyclic) bond motifs is 1. The van der Waals surface area contributed by atoms with E-state index in [1.807, 2.05) is 30.3 Å². The maximum absolute atomic E-state index is 12.3. The minimum Gasteiger partial charge on any atom is -0.497 e. The van der Waals surface area contributed by atoms with Crippen molar-refractivity contribution in [2.24, 2.45) is 0 Å². The van der Waals surface area contributed by atoms with Crippen LogP contribution in [0.25, 0.3) is 16.7 Å². The van der Waals surface area contributed by atoms with Crippen molar-refractivity contribution in [1.29, 1.82) is 0 Å². The highest BCUT2D eigenvalue weighted by Crippen LogP contribution is 2.18. The number of nitrogens with zero attached hydrogens (tertiary/aromatic N) is 4. The highest BCUT2D eigenvalue weighted by Gasteiger charge is 2.08.